The Morgan fingerprint density at radius 3 is 2.16 bits per heavy atom. The fraction of sp³-hybridized carbons (Fsp3) is 0.542. The molecule has 2 heterocycles. The van der Waals surface area contributed by atoms with Gasteiger partial charge in [-0.1, -0.05) is 6.92 Å². The van der Waals surface area contributed by atoms with Crippen LogP contribution in [-0.4, -0.2) is 59.0 Å². The van der Waals surface area contributed by atoms with Crippen LogP contribution in [-0.2, 0) is 9.59 Å². The number of anilines is 1. The summed E-state index contributed by atoms with van der Waals surface area (Å²) in [5.41, 5.74) is 3.26. The van der Waals surface area contributed by atoms with Gasteiger partial charge in [-0.2, -0.15) is 0 Å². The zero-order chi connectivity index (χ0) is 23.1. The minimum atomic E-state index is -0.355. The van der Waals surface area contributed by atoms with Gasteiger partial charge in [0.05, 0.1) is 7.11 Å². The summed E-state index contributed by atoms with van der Waals surface area (Å²) in [7, 11) is 1.62. The fourth-order valence-corrected chi connectivity index (χ4v) is 5.38. The minimum Gasteiger partial charge on any atom is -0.496 e. The van der Waals surface area contributed by atoms with Crippen LogP contribution in [0.2, 0.25) is 0 Å². The Morgan fingerprint density at radius 1 is 1.10 bits per heavy atom. The van der Waals surface area contributed by atoms with Crippen molar-refractivity contribution in [2.75, 3.05) is 31.6 Å². The van der Waals surface area contributed by atoms with Crippen LogP contribution in [0.15, 0.2) is 17.7 Å². The summed E-state index contributed by atoms with van der Waals surface area (Å²) >= 11 is 5.36. The predicted octanol–water partition coefficient (Wildman–Crippen LogP) is 4.19. The molecule has 1 fully saturated rings. The molecule has 0 spiro atoms. The van der Waals surface area contributed by atoms with E-state index in [1.54, 1.807) is 13.2 Å². The molecule has 1 saturated heterocycles. The van der Waals surface area contributed by atoms with Crippen molar-refractivity contribution in [1.82, 2.24) is 9.80 Å². The van der Waals surface area contributed by atoms with E-state index in [1.165, 1.54) is 15.4 Å². The van der Waals surface area contributed by atoms with E-state index in [-0.39, 0.29) is 28.0 Å². The summed E-state index contributed by atoms with van der Waals surface area (Å²) < 4.78 is 5.70. The number of thiocarbonyl (C=S) groups is 1. The van der Waals surface area contributed by atoms with Crippen molar-refractivity contribution in [2.24, 2.45) is 0 Å². The van der Waals surface area contributed by atoms with Crippen LogP contribution >= 0.6 is 12.2 Å². The van der Waals surface area contributed by atoms with Crippen LogP contribution in [0, 0.1) is 0 Å². The second kappa shape index (κ2) is 8.61. The van der Waals surface area contributed by atoms with E-state index in [4.69, 9.17) is 17.0 Å². The van der Waals surface area contributed by atoms with Gasteiger partial charge in [-0.25, -0.2) is 0 Å². The lowest BCUT2D eigenvalue weighted by Crippen LogP contribution is -2.55. The number of carbonyl (C=O) groups is 2. The van der Waals surface area contributed by atoms with E-state index < -0.39 is 0 Å². The lowest BCUT2D eigenvalue weighted by atomic mass is 9.79. The topological polar surface area (TPSA) is 53.1 Å². The van der Waals surface area contributed by atoms with Gasteiger partial charge in [0.1, 0.15) is 11.3 Å². The number of likely N-dealkylation sites (N-methyl/N-ethyl adjacent to an activating group) is 2. The minimum absolute atomic E-state index is 0.0421. The number of hydrogen-bond donors (Lipinski definition) is 0. The summed E-state index contributed by atoms with van der Waals surface area (Å²) in [6, 6.07) is 4.12. The highest BCUT2D eigenvalue weighted by Crippen LogP contribution is 2.46. The average molecular weight is 444 g/mol. The molecule has 1 unspecified atom stereocenters. The maximum Gasteiger partial charge on any atom is 0.265 e. The number of nitrogens with zero attached hydrogens (tertiary/aromatic N) is 3. The first kappa shape index (κ1) is 23.3. The molecule has 2 aliphatic heterocycles. The van der Waals surface area contributed by atoms with Gasteiger partial charge in [0, 0.05) is 42.5 Å². The lowest BCUT2D eigenvalue weighted by molar-refractivity contribution is -0.133. The third-order valence-electron chi connectivity index (χ3n) is 6.40. The summed E-state index contributed by atoms with van der Waals surface area (Å²) in [6.07, 6.45) is 2.69. The summed E-state index contributed by atoms with van der Waals surface area (Å²) in [6.45, 7) is 14.3. The molecule has 1 aromatic carbocycles. The van der Waals surface area contributed by atoms with Crippen LogP contribution in [0.25, 0.3) is 6.08 Å². The van der Waals surface area contributed by atoms with Crippen LogP contribution in [0.5, 0.6) is 5.75 Å². The largest absolute Gasteiger partial charge is 0.496 e. The quantitative estimate of drug-likeness (QED) is 0.388. The van der Waals surface area contributed by atoms with Gasteiger partial charge in [0.15, 0.2) is 5.11 Å². The Bertz CT molecular complexity index is 926. The van der Waals surface area contributed by atoms with Gasteiger partial charge < -0.3 is 9.64 Å². The molecule has 1 atom stereocenters. The summed E-state index contributed by atoms with van der Waals surface area (Å²) in [5.74, 6) is 0.285. The molecule has 0 aliphatic carbocycles. The lowest BCUT2D eigenvalue weighted by Gasteiger charge is -2.47. The van der Waals surface area contributed by atoms with Crippen molar-refractivity contribution in [1.29, 1.82) is 0 Å². The molecule has 0 bridgehead atoms. The van der Waals surface area contributed by atoms with Crippen molar-refractivity contribution in [3.8, 4) is 5.75 Å². The first-order chi connectivity index (χ1) is 14.6. The molecule has 7 heteroatoms. The van der Waals surface area contributed by atoms with Crippen molar-refractivity contribution < 1.29 is 14.3 Å². The van der Waals surface area contributed by atoms with Gasteiger partial charge in [0.25, 0.3) is 11.8 Å². The highest BCUT2D eigenvalue weighted by molar-refractivity contribution is 7.80. The summed E-state index contributed by atoms with van der Waals surface area (Å²) in [4.78, 5) is 31.4. The van der Waals surface area contributed by atoms with Gasteiger partial charge in [-0.15, -0.1) is 0 Å². The van der Waals surface area contributed by atoms with Crippen LogP contribution in [0.3, 0.4) is 0 Å². The van der Waals surface area contributed by atoms with E-state index in [9.17, 15) is 9.59 Å². The number of amides is 2. The van der Waals surface area contributed by atoms with E-state index in [1.807, 2.05) is 19.9 Å². The van der Waals surface area contributed by atoms with E-state index >= 15 is 0 Å². The fourth-order valence-electron chi connectivity index (χ4n) is 4.95. The number of fused-ring (bicyclic) bond motifs is 1. The van der Waals surface area contributed by atoms with Crippen LogP contribution in [0.4, 0.5) is 5.69 Å². The molecule has 0 radical (unpaired) electrons. The van der Waals surface area contributed by atoms with Crippen LogP contribution in [0.1, 0.15) is 65.0 Å². The second-order valence-electron chi connectivity index (χ2n) is 8.75. The van der Waals surface area contributed by atoms with Gasteiger partial charge >= 0.3 is 0 Å². The highest BCUT2D eigenvalue weighted by Gasteiger charge is 2.39. The maximum atomic E-state index is 13.1. The predicted molar refractivity (Wildman–Crippen MR) is 128 cm³/mol. The zero-order valence-corrected chi connectivity index (χ0v) is 20.4. The Balaban J connectivity index is 2.16. The molecule has 0 aromatic heterocycles. The molecular formula is C24H33N3O3S. The van der Waals surface area contributed by atoms with Crippen molar-refractivity contribution in [3.05, 3.63) is 28.8 Å². The molecule has 2 aliphatic rings. The molecule has 168 valence electrons. The average Bonchev–Trinajstić information content (AvgIpc) is 2.71. The SMILES string of the molecule is CCN1C(=O)C(=Cc2cc3c(cc2OC)N(CC)C(C)(C)CC3C)C(=O)N(CC)C1=S. The number of hydrogen-bond acceptors (Lipinski definition) is 5. The third kappa shape index (κ3) is 3.84. The van der Waals surface area contributed by atoms with E-state index in [0.717, 1.165) is 24.2 Å². The Hall–Kier alpha value is -2.41. The number of rotatable bonds is 5. The standard InChI is InChI=1S/C24H33N3O3S/c1-8-25-21(28)18(22(29)26(9-2)23(25)31)12-16-11-17-15(4)14-24(5,6)27(10-3)19(17)13-20(16)30-7/h11-13,15H,8-10,14H2,1-7H3. The summed E-state index contributed by atoms with van der Waals surface area (Å²) in [5, 5.41) is 0.268. The van der Waals surface area contributed by atoms with Gasteiger partial charge in [0.2, 0.25) is 0 Å². The number of ether oxygens (including phenoxy) is 1. The molecular weight excluding hydrogens is 410 g/mol. The highest BCUT2D eigenvalue weighted by atomic mass is 32.1. The number of carbonyl (C=O) groups excluding carboxylic acids is 2. The Kier molecular flexibility index (Phi) is 6.46. The number of benzene rings is 1. The first-order valence-electron chi connectivity index (χ1n) is 11.0. The monoisotopic (exact) mass is 443 g/mol. The van der Waals surface area contributed by atoms with E-state index in [0.29, 0.717) is 24.8 Å². The maximum absolute atomic E-state index is 13.1. The van der Waals surface area contributed by atoms with Crippen molar-refractivity contribution in [3.63, 3.8) is 0 Å². The molecule has 6 nitrogen and oxygen atoms in total. The Morgan fingerprint density at radius 2 is 1.68 bits per heavy atom. The van der Waals surface area contributed by atoms with Crippen LogP contribution < -0.4 is 9.64 Å². The van der Waals surface area contributed by atoms with Gasteiger partial charge in [-0.3, -0.25) is 19.4 Å². The van der Waals surface area contributed by atoms with Crippen molar-refractivity contribution >= 4 is 40.9 Å². The van der Waals surface area contributed by atoms with E-state index in [2.05, 4.69) is 38.7 Å². The van der Waals surface area contributed by atoms with Gasteiger partial charge in [-0.05, 0) is 76.9 Å². The van der Waals surface area contributed by atoms with Crippen molar-refractivity contribution in [2.45, 2.75) is 59.4 Å². The molecule has 0 saturated carbocycles. The first-order valence-corrected chi connectivity index (χ1v) is 11.4. The third-order valence-corrected chi connectivity index (χ3v) is 6.84. The molecule has 2 amide bonds. The second-order valence-corrected chi connectivity index (χ2v) is 9.12. The smallest absolute Gasteiger partial charge is 0.265 e. The Labute approximate surface area is 190 Å². The zero-order valence-electron chi connectivity index (χ0n) is 19.6. The molecule has 1 aromatic rings. The molecule has 31 heavy (non-hydrogen) atoms. The molecule has 0 N–H and O–H groups in total. The number of methoxy groups -OCH3 is 1. The normalized spacial score (nSPS) is 20.9. The molecule has 3 rings (SSSR count).